The molecule has 0 aromatic carbocycles. The van der Waals surface area contributed by atoms with Crippen molar-refractivity contribution in [1.29, 1.82) is 0 Å². The summed E-state index contributed by atoms with van der Waals surface area (Å²) in [6, 6.07) is 0. The van der Waals surface area contributed by atoms with Crippen molar-refractivity contribution >= 4 is 9.84 Å². The van der Waals surface area contributed by atoms with Gasteiger partial charge in [0.25, 0.3) is 0 Å². The molecule has 2 aliphatic rings. The molecule has 2 fully saturated rings. The minimum Gasteiger partial charge on any atom is -0.389 e. The predicted octanol–water partition coefficient (Wildman–Crippen LogP) is 0.885. The Morgan fingerprint density at radius 1 is 1.44 bits per heavy atom. The van der Waals surface area contributed by atoms with Crippen molar-refractivity contribution < 1.29 is 18.3 Å². The Bertz CT molecular complexity index is 332. The quantitative estimate of drug-likeness (QED) is 0.802. The first-order valence-electron chi connectivity index (χ1n) is 6.04. The van der Waals surface area contributed by atoms with Crippen LogP contribution in [0.25, 0.3) is 0 Å². The van der Waals surface area contributed by atoms with E-state index in [9.17, 15) is 13.5 Å². The summed E-state index contributed by atoms with van der Waals surface area (Å²) in [6.45, 7) is 0.851. The third-order valence-electron chi connectivity index (χ3n) is 3.56. The van der Waals surface area contributed by atoms with Gasteiger partial charge in [-0.3, -0.25) is 0 Å². The van der Waals surface area contributed by atoms with Crippen LogP contribution in [-0.4, -0.2) is 43.3 Å². The van der Waals surface area contributed by atoms with Gasteiger partial charge in [0, 0.05) is 6.61 Å². The molecule has 0 amide bonds. The van der Waals surface area contributed by atoms with Crippen LogP contribution < -0.4 is 0 Å². The van der Waals surface area contributed by atoms with Gasteiger partial charge in [0.05, 0.1) is 23.2 Å². The number of ether oxygens (including phenoxy) is 1. The van der Waals surface area contributed by atoms with Gasteiger partial charge in [0.2, 0.25) is 0 Å². The Labute approximate surface area is 96.9 Å². The molecule has 16 heavy (non-hydrogen) atoms. The summed E-state index contributed by atoms with van der Waals surface area (Å²) >= 11 is 0. The van der Waals surface area contributed by atoms with Crippen LogP contribution in [0.5, 0.6) is 0 Å². The topological polar surface area (TPSA) is 63.6 Å². The summed E-state index contributed by atoms with van der Waals surface area (Å²) in [5.74, 6) is 0.0922. The molecule has 0 aromatic rings. The Hall–Kier alpha value is -0.130. The van der Waals surface area contributed by atoms with Gasteiger partial charge in [0.1, 0.15) is 0 Å². The van der Waals surface area contributed by atoms with Crippen molar-refractivity contribution in [2.45, 2.75) is 50.2 Å². The predicted molar refractivity (Wildman–Crippen MR) is 61.0 cm³/mol. The smallest absolute Gasteiger partial charge is 0.153 e. The molecule has 4 nitrogen and oxygen atoms in total. The van der Waals surface area contributed by atoms with E-state index in [1.165, 1.54) is 0 Å². The van der Waals surface area contributed by atoms with Gasteiger partial charge in [-0.05, 0) is 38.5 Å². The standard InChI is InChI=1S/C11H20O4S/c12-11(6-8-16(13,14)9-11)5-1-3-10-4-2-7-15-10/h10,12H,1-9H2. The number of rotatable bonds is 4. The maximum absolute atomic E-state index is 11.3. The summed E-state index contributed by atoms with van der Waals surface area (Å²) < 4.78 is 28.1. The molecule has 2 aliphatic heterocycles. The largest absolute Gasteiger partial charge is 0.389 e. The maximum atomic E-state index is 11.3. The molecule has 1 N–H and O–H groups in total. The van der Waals surface area contributed by atoms with Gasteiger partial charge in [-0.2, -0.15) is 0 Å². The normalized spacial score (nSPS) is 37.9. The monoisotopic (exact) mass is 248 g/mol. The molecular formula is C11H20O4S. The molecule has 0 aromatic heterocycles. The van der Waals surface area contributed by atoms with Gasteiger partial charge < -0.3 is 9.84 Å². The third kappa shape index (κ3) is 3.18. The first kappa shape index (κ1) is 12.3. The highest BCUT2D eigenvalue weighted by Crippen LogP contribution is 2.29. The lowest BCUT2D eigenvalue weighted by Gasteiger charge is -2.21. The van der Waals surface area contributed by atoms with E-state index in [0.717, 1.165) is 32.3 Å². The zero-order chi connectivity index (χ0) is 11.6. The van der Waals surface area contributed by atoms with Gasteiger partial charge in [0.15, 0.2) is 9.84 Å². The fourth-order valence-corrected chi connectivity index (χ4v) is 4.57. The first-order valence-corrected chi connectivity index (χ1v) is 7.86. The molecule has 0 aliphatic carbocycles. The number of hydrogen-bond acceptors (Lipinski definition) is 4. The van der Waals surface area contributed by atoms with Crippen molar-refractivity contribution in [3.8, 4) is 0 Å². The summed E-state index contributed by atoms with van der Waals surface area (Å²) in [5.41, 5.74) is -0.961. The molecule has 2 unspecified atom stereocenters. The van der Waals surface area contributed by atoms with Crippen molar-refractivity contribution in [2.75, 3.05) is 18.1 Å². The van der Waals surface area contributed by atoms with Gasteiger partial charge in [-0.1, -0.05) is 0 Å². The molecule has 2 rings (SSSR count). The summed E-state index contributed by atoms with van der Waals surface area (Å²) in [5, 5.41) is 10.1. The zero-order valence-corrected chi connectivity index (χ0v) is 10.3. The average molecular weight is 248 g/mol. The molecular weight excluding hydrogens is 228 g/mol. The zero-order valence-electron chi connectivity index (χ0n) is 9.52. The van der Waals surface area contributed by atoms with Crippen LogP contribution in [-0.2, 0) is 14.6 Å². The molecule has 2 heterocycles. The second kappa shape index (κ2) is 4.63. The minimum atomic E-state index is -2.98. The van der Waals surface area contributed by atoms with Crippen LogP contribution in [0, 0.1) is 0 Å². The minimum absolute atomic E-state index is 0.0501. The molecule has 5 heteroatoms. The van der Waals surface area contributed by atoms with Crippen molar-refractivity contribution in [2.24, 2.45) is 0 Å². The van der Waals surface area contributed by atoms with E-state index < -0.39 is 15.4 Å². The van der Waals surface area contributed by atoms with Crippen molar-refractivity contribution in [3.63, 3.8) is 0 Å². The van der Waals surface area contributed by atoms with Crippen LogP contribution >= 0.6 is 0 Å². The molecule has 94 valence electrons. The fourth-order valence-electron chi connectivity index (χ4n) is 2.63. The lowest BCUT2D eigenvalue weighted by molar-refractivity contribution is 0.0467. The van der Waals surface area contributed by atoms with E-state index in [0.29, 0.717) is 18.9 Å². The van der Waals surface area contributed by atoms with Crippen LogP contribution in [0.3, 0.4) is 0 Å². The van der Waals surface area contributed by atoms with E-state index in [1.54, 1.807) is 0 Å². The lowest BCUT2D eigenvalue weighted by atomic mass is 9.95. The highest BCUT2D eigenvalue weighted by molar-refractivity contribution is 7.91. The summed E-state index contributed by atoms with van der Waals surface area (Å²) in [6.07, 6.45) is 5.37. The number of sulfone groups is 1. The Balaban J connectivity index is 1.73. The van der Waals surface area contributed by atoms with Crippen molar-refractivity contribution in [1.82, 2.24) is 0 Å². The lowest BCUT2D eigenvalue weighted by Crippen LogP contribution is -2.30. The highest BCUT2D eigenvalue weighted by atomic mass is 32.2. The van der Waals surface area contributed by atoms with Gasteiger partial charge >= 0.3 is 0 Å². The van der Waals surface area contributed by atoms with E-state index in [2.05, 4.69) is 0 Å². The van der Waals surface area contributed by atoms with Crippen LogP contribution in [0.1, 0.15) is 38.5 Å². The Morgan fingerprint density at radius 3 is 2.81 bits per heavy atom. The molecule has 2 saturated heterocycles. The molecule has 0 bridgehead atoms. The number of aliphatic hydroxyl groups is 1. The van der Waals surface area contributed by atoms with Crippen LogP contribution in [0.15, 0.2) is 0 Å². The van der Waals surface area contributed by atoms with Crippen LogP contribution in [0.2, 0.25) is 0 Å². The summed E-state index contributed by atoms with van der Waals surface area (Å²) in [7, 11) is -2.98. The fraction of sp³-hybridized carbons (Fsp3) is 1.00. The second-order valence-electron chi connectivity index (χ2n) is 5.09. The van der Waals surface area contributed by atoms with Gasteiger partial charge in [-0.25, -0.2) is 8.42 Å². The SMILES string of the molecule is O=S1(=O)CCC(O)(CCCC2CCCO2)C1. The maximum Gasteiger partial charge on any atom is 0.153 e. The first-order chi connectivity index (χ1) is 7.49. The molecule has 2 atom stereocenters. The average Bonchev–Trinajstić information content (AvgIpc) is 2.75. The van der Waals surface area contributed by atoms with E-state index in [-0.39, 0.29) is 11.5 Å². The van der Waals surface area contributed by atoms with E-state index in [4.69, 9.17) is 4.74 Å². The van der Waals surface area contributed by atoms with Gasteiger partial charge in [-0.15, -0.1) is 0 Å². The van der Waals surface area contributed by atoms with E-state index >= 15 is 0 Å². The molecule has 0 spiro atoms. The summed E-state index contributed by atoms with van der Waals surface area (Å²) in [4.78, 5) is 0. The van der Waals surface area contributed by atoms with E-state index in [1.807, 2.05) is 0 Å². The molecule has 0 saturated carbocycles. The van der Waals surface area contributed by atoms with Crippen LogP contribution in [0.4, 0.5) is 0 Å². The Morgan fingerprint density at radius 2 is 2.25 bits per heavy atom. The van der Waals surface area contributed by atoms with Crippen molar-refractivity contribution in [3.05, 3.63) is 0 Å². The number of hydrogen-bond donors (Lipinski definition) is 1. The third-order valence-corrected chi connectivity index (χ3v) is 5.36. The second-order valence-corrected chi connectivity index (χ2v) is 7.28. The highest BCUT2D eigenvalue weighted by Gasteiger charge is 2.40. The molecule has 0 radical (unpaired) electrons. The Kier molecular flexibility index (Phi) is 3.56.